The first-order valence-corrected chi connectivity index (χ1v) is 9.87. The molecule has 4 nitrogen and oxygen atoms in total. The van der Waals surface area contributed by atoms with Crippen molar-refractivity contribution in [2.45, 2.75) is 24.9 Å². The molecule has 1 heterocycles. The maximum Gasteiger partial charge on any atom is 0.417 e. The van der Waals surface area contributed by atoms with Crippen LogP contribution in [-0.4, -0.2) is 31.2 Å². The molecule has 0 aliphatic heterocycles. The van der Waals surface area contributed by atoms with Gasteiger partial charge in [0.15, 0.2) is 0 Å². The van der Waals surface area contributed by atoms with E-state index in [0.717, 1.165) is 22.5 Å². The van der Waals surface area contributed by atoms with E-state index in [2.05, 4.69) is 10.3 Å². The Morgan fingerprint density at radius 2 is 2.00 bits per heavy atom. The molecule has 1 amide bonds. The summed E-state index contributed by atoms with van der Waals surface area (Å²) < 4.78 is 45.2. The number of carbonyl (C=O) groups is 1. The molecule has 0 radical (unpaired) electrons. The summed E-state index contributed by atoms with van der Waals surface area (Å²) in [5.41, 5.74) is 1.08. The number of benzene rings is 2. The van der Waals surface area contributed by atoms with Gasteiger partial charge in [-0.25, -0.2) is 0 Å². The first kappa shape index (κ1) is 22.2. The summed E-state index contributed by atoms with van der Waals surface area (Å²) in [5, 5.41) is 3.30. The van der Waals surface area contributed by atoms with E-state index in [4.69, 9.17) is 16.3 Å². The lowest BCUT2D eigenvalue weighted by molar-refractivity contribution is -0.137. The average Bonchev–Trinajstić information content (AvgIpc) is 3.13. The highest BCUT2D eigenvalue weighted by molar-refractivity contribution is 6.31. The molecular formula is C22H22ClF3N2O2. The van der Waals surface area contributed by atoms with Crippen LogP contribution >= 0.6 is 11.6 Å². The average molecular weight is 439 g/mol. The van der Waals surface area contributed by atoms with Gasteiger partial charge < -0.3 is 15.0 Å². The van der Waals surface area contributed by atoms with Crippen molar-refractivity contribution in [3.63, 3.8) is 0 Å². The van der Waals surface area contributed by atoms with Gasteiger partial charge in [-0.15, -0.1) is 0 Å². The molecule has 8 heteroatoms. The minimum absolute atomic E-state index is 0.00770. The fourth-order valence-corrected chi connectivity index (χ4v) is 3.69. The molecule has 0 fully saturated rings. The fourth-order valence-electron chi connectivity index (χ4n) is 3.47. The highest BCUT2D eigenvalue weighted by Crippen LogP contribution is 2.39. The lowest BCUT2D eigenvalue weighted by Gasteiger charge is -2.19. The van der Waals surface area contributed by atoms with Crippen LogP contribution < -0.4 is 5.32 Å². The Labute approximate surface area is 177 Å². The van der Waals surface area contributed by atoms with Crippen LogP contribution in [0.5, 0.6) is 0 Å². The summed E-state index contributed by atoms with van der Waals surface area (Å²) >= 11 is 5.79. The van der Waals surface area contributed by atoms with Crippen LogP contribution in [0.2, 0.25) is 5.02 Å². The Balaban J connectivity index is 1.97. The maximum atomic E-state index is 13.4. The predicted octanol–water partition coefficient (Wildman–Crippen LogP) is 5.51. The van der Waals surface area contributed by atoms with E-state index in [0.29, 0.717) is 25.1 Å². The summed E-state index contributed by atoms with van der Waals surface area (Å²) in [4.78, 5) is 15.7. The number of fused-ring (bicyclic) bond motifs is 1. The van der Waals surface area contributed by atoms with E-state index in [1.807, 2.05) is 24.3 Å². The first-order valence-electron chi connectivity index (χ1n) is 9.49. The Kier molecular flexibility index (Phi) is 7.05. The van der Waals surface area contributed by atoms with Gasteiger partial charge >= 0.3 is 6.18 Å². The molecule has 1 atom stereocenters. The Bertz CT molecular complexity index is 1020. The van der Waals surface area contributed by atoms with E-state index < -0.39 is 17.7 Å². The van der Waals surface area contributed by atoms with Gasteiger partial charge in [-0.1, -0.05) is 35.9 Å². The number of hydrogen-bond donors (Lipinski definition) is 2. The lowest BCUT2D eigenvalue weighted by Crippen LogP contribution is -2.27. The van der Waals surface area contributed by atoms with Crippen molar-refractivity contribution in [1.29, 1.82) is 0 Å². The zero-order valence-electron chi connectivity index (χ0n) is 16.4. The number of methoxy groups -OCH3 is 1. The van der Waals surface area contributed by atoms with Crippen molar-refractivity contribution >= 4 is 28.4 Å². The third kappa shape index (κ3) is 5.15. The Morgan fingerprint density at radius 1 is 1.23 bits per heavy atom. The Morgan fingerprint density at radius 3 is 2.73 bits per heavy atom. The van der Waals surface area contributed by atoms with Gasteiger partial charge in [0.25, 0.3) is 0 Å². The molecule has 0 saturated heterocycles. The number of ether oxygens (including phenoxy) is 1. The van der Waals surface area contributed by atoms with Crippen LogP contribution in [-0.2, 0) is 15.7 Å². The standard InChI is InChI=1S/C22H22ClF3N2O2/c1-30-10-4-9-27-21(29)12-16(17-13-28-20-6-3-2-5-15(17)20)14-7-8-19(23)18(11-14)22(24,25)26/h2-3,5-8,11,13,16,28H,4,9-10,12H2,1H3,(H,27,29). The highest BCUT2D eigenvalue weighted by Gasteiger charge is 2.34. The summed E-state index contributed by atoms with van der Waals surface area (Å²) in [5.74, 6) is -0.813. The van der Waals surface area contributed by atoms with E-state index in [9.17, 15) is 18.0 Å². The van der Waals surface area contributed by atoms with Gasteiger partial charge in [-0.2, -0.15) is 13.2 Å². The van der Waals surface area contributed by atoms with Crippen molar-refractivity contribution in [2.75, 3.05) is 20.3 Å². The topological polar surface area (TPSA) is 54.1 Å². The van der Waals surface area contributed by atoms with Gasteiger partial charge in [-0.3, -0.25) is 4.79 Å². The SMILES string of the molecule is COCCCNC(=O)CC(c1ccc(Cl)c(C(F)(F)F)c1)c1c[nH]c2ccccc12. The van der Waals surface area contributed by atoms with Gasteiger partial charge in [0, 0.05) is 49.7 Å². The smallest absolute Gasteiger partial charge is 0.385 e. The number of nitrogens with one attached hydrogen (secondary N) is 2. The quantitative estimate of drug-likeness (QED) is 0.455. The summed E-state index contributed by atoms with van der Waals surface area (Å²) in [6.07, 6.45) is -2.18. The summed E-state index contributed by atoms with van der Waals surface area (Å²) in [6, 6.07) is 11.3. The minimum atomic E-state index is -4.58. The molecule has 160 valence electrons. The second-order valence-corrected chi connectivity index (χ2v) is 7.39. The molecular weight excluding hydrogens is 417 g/mol. The van der Waals surface area contributed by atoms with E-state index in [1.165, 1.54) is 6.07 Å². The largest absolute Gasteiger partial charge is 0.417 e. The molecule has 1 aromatic heterocycles. The number of aromatic amines is 1. The third-order valence-corrected chi connectivity index (χ3v) is 5.26. The molecule has 0 spiro atoms. The number of aromatic nitrogens is 1. The molecule has 2 aromatic carbocycles. The van der Waals surface area contributed by atoms with Gasteiger partial charge in [0.2, 0.25) is 5.91 Å². The molecule has 3 aromatic rings. The van der Waals surface area contributed by atoms with Crippen LogP contribution in [0.3, 0.4) is 0 Å². The van der Waals surface area contributed by atoms with Crippen molar-refractivity contribution in [3.8, 4) is 0 Å². The molecule has 3 rings (SSSR count). The molecule has 30 heavy (non-hydrogen) atoms. The van der Waals surface area contributed by atoms with Gasteiger partial charge in [0.05, 0.1) is 10.6 Å². The number of hydrogen-bond acceptors (Lipinski definition) is 2. The summed E-state index contributed by atoms with van der Waals surface area (Å²) in [7, 11) is 1.58. The first-order chi connectivity index (χ1) is 14.3. The van der Waals surface area contributed by atoms with Gasteiger partial charge in [0.1, 0.15) is 0 Å². The zero-order valence-corrected chi connectivity index (χ0v) is 17.1. The molecule has 0 aliphatic carbocycles. The molecule has 0 aliphatic rings. The monoisotopic (exact) mass is 438 g/mol. The number of carbonyl (C=O) groups excluding carboxylic acids is 1. The van der Waals surface area contributed by atoms with Gasteiger partial charge in [-0.05, 0) is 35.7 Å². The number of para-hydroxylation sites is 1. The van der Waals surface area contributed by atoms with E-state index in [1.54, 1.807) is 19.4 Å². The lowest BCUT2D eigenvalue weighted by atomic mass is 9.87. The Hall–Kier alpha value is -2.51. The second kappa shape index (κ2) is 9.53. The van der Waals surface area contributed by atoms with Crippen LogP contribution in [0.15, 0.2) is 48.7 Å². The molecule has 1 unspecified atom stereocenters. The van der Waals surface area contributed by atoms with Crippen molar-refractivity contribution in [1.82, 2.24) is 10.3 Å². The van der Waals surface area contributed by atoms with Crippen LogP contribution in [0.1, 0.15) is 35.4 Å². The van der Waals surface area contributed by atoms with E-state index >= 15 is 0 Å². The van der Waals surface area contributed by atoms with Crippen LogP contribution in [0.4, 0.5) is 13.2 Å². The number of rotatable bonds is 8. The van der Waals surface area contributed by atoms with E-state index in [-0.39, 0.29) is 17.4 Å². The molecule has 2 N–H and O–H groups in total. The van der Waals surface area contributed by atoms with Crippen LogP contribution in [0, 0.1) is 0 Å². The second-order valence-electron chi connectivity index (χ2n) is 6.98. The minimum Gasteiger partial charge on any atom is -0.385 e. The van der Waals surface area contributed by atoms with Crippen molar-refractivity contribution in [2.24, 2.45) is 0 Å². The molecule has 0 saturated carbocycles. The van der Waals surface area contributed by atoms with Crippen molar-refractivity contribution in [3.05, 3.63) is 70.4 Å². The van der Waals surface area contributed by atoms with Crippen LogP contribution in [0.25, 0.3) is 10.9 Å². The number of alkyl halides is 3. The maximum absolute atomic E-state index is 13.4. The van der Waals surface area contributed by atoms with Crippen molar-refractivity contribution < 1.29 is 22.7 Å². The summed E-state index contributed by atoms with van der Waals surface area (Å²) in [6.45, 7) is 0.944. The highest BCUT2D eigenvalue weighted by atomic mass is 35.5. The number of amides is 1. The zero-order chi connectivity index (χ0) is 21.7. The fraction of sp³-hybridized carbons (Fsp3) is 0.318. The predicted molar refractivity (Wildman–Crippen MR) is 111 cm³/mol. The molecule has 0 bridgehead atoms. The normalized spacial score (nSPS) is 12.8. The number of H-pyrrole nitrogens is 1. The number of halogens is 4. The third-order valence-electron chi connectivity index (χ3n) is 4.93.